The van der Waals surface area contributed by atoms with Crippen LogP contribution in [0, 0.1) is 0 Å². The van der Waals surface area contributed by atoms with Gasteiger partial charge in [0.2, 0.25) is 0 Å². The number of aromatic nitrogens is 2. The van der Waals surface area contributed by atoms with Crippen LogP contribution in [0.1, 0.15) is 39.5 Å². The molecule has 1 aliphatic rings. The zero-order valence-corrected chi connectivity index (χ0v) is 13.5. The predicted octanol–water partition coefficient (Wildman–Crippen LogP) is 1.61. The van der Waals surface area contributed by atoms with Gasteiger partial charge in [-0.2, -0.15) is 11.8 Å². The third kappa shape index (κ3) is 3.64. The van der Waals surface area contributed by atoms with Crippen molar-refractivity contribution in [1.82, 2.24) is 9.55 Å². The van der Waals surface area contributed by atoms with Gasteiger partial charge in [-0.3, -0.25) is 14.3 Å². The molecule has 2 rings (SSSR count). The summed E-state index contributed by atoms with van der Waals surface area (Å²) >= 11 is 1.96. The van der Waals surface area contributed by atoms with E-state index in [1.165, 1.54) is 4.57 Å². The molecule has 0 amide bonds. The predicted molar refractivity (Wildman–Crippen MR) is 89.2 cm³/mol. The van der Waals surface area contributed by atoms with Gasteiger partial charge in [0, 0.05) is 17.8 Å². The van der Waals surface area contributed by atoms with Crippen molar-refractivity contribution in [3.05, 3.63) is 20.8 Å². The van der Waals surface area contributed by atoms with Crippen LogP contribution >= 0.6 is 11.8 Å². The molecule has 118 valence electrons. The molecule has 1 aliphatic carbocycles. The topological polar surface area (TPSA) is 92.9 Å². The van der Waals surface area contributed by atoms with E-state index in [1.807, 2.05) is 18.7 Å². The number of nitrogen functional groups attached to an aromatic ring is 1. The number of thioether (sulfide) groups is 1. The molecular weight excluding hydrogens is 288 g/mol. The van der Waals surface area contributed by atoms with Crippen LogP contribution in [0.3, 0.4) is 0 Å². The largest absolute Gasteiger partial charge is 0.383 e. The molecule has 4 N–H and O–H groups in total. The number of nitrogens with two attached hydrogens (primary N) is 1. The summed E-state index contributed by atoms with van der Waals surface area (Å²) in [7, 11) is 0. The first kappa shape index (κ1) is 16.0. The van der Waals surface area contributed by atoms with Crippen molar-refractivity contribution in [2.24, 2.45) is 0 Å². The summed E-state index contributed by atoms with van der Waals surface area (Å²) < 4.78 is 1.43. The third-order valence-electron chi connectivity index (χ3n) is 3.82. The maximum atomic E-state index is 12.0. The molecule has 0 spiro atoms. The lowest BCUT2D eigenvalue weighted by Crippen LogP contribution is -2.35. The van der Waals surface area contributed by atoms with Gasteiger partial charge in [-0.05, 0) is 31.4 Å². The van der Waals surface area contributed by atoms with Gasteiger partial charge in [0.15, 0.2) is 0 Å². The van der Waals surface area contributed by atoms with Crippen LogP contribution in [-0.4, -0.2) is 26.6 Å². The minimum atomic E-state index is -0.435. The van der Waals surface area contributed by atoms with Gasteiger partial charge < -0.3 is 11.1 Å². The molecule has 0 bridgehead atoms. The summed E-state index contributed by atoms with van der Waals surface area (Å²) in [5.41, 5.74) is 5.51. The Bertz CT molecular complexity index is 596. The third-order valence-corrected chi connectivity index (χ3v) is 5.06. The van der Waals surface area contributed by atoms with E-state index in [1.54, 1.807) is 0 Å². The van der Waals surface area contributed by atoms with Crippen molar-refractivity contribution in [3.63, 3.8) is 0 Å². The minimum Gasteiger partial charge on any atom is -0.383 e. The van der Waals surface area contributed by atoms with Crippen molar-refractivity contribution >= 4 is 23.3 Å². The molecular formula is C14H24N4O2S. The van der Waals surface area contributed by atoms with Crippen LogP contribution in [0.5, 0.6) is 0 Å². The first-order valence-corrected chi connectivity index (χ1v) is 8.62. The monoisotopic (exact) mass is 312 g/mol. The van der Waals surface area contributed by atoms with E-state index in [-0.39, 0.29) is 11.9 Å². The summed E-state index contributed by atoms with van der Waals surface area (Å²) in [5, 5.41) is 3.90. The van der Waals surface area contributed by atoms with Gasteiger partial charge in [0.25, 0.3) is 5.56 Å². The van der Waals surface area contributed by atoms with Crippen LogP contribution in [0.4, 0.5) is 11.5 Å². The van der Waals surface area contributed by atoms with Crippen LogP contribution in [-0.2, 0) is 6.54 Å². The molecule has 2 unspecified atom stereocenters. The van der Waals surface area contributed by atoms with E-state index in [0.29, 0.717) is 17.5 Å². The average Bonchev–Trinajstić information content (AvgIpc) is 2.87. The molecule has 0 aliphatic heterocycles. The van der Waals surface area contributed by atoms with E-state index >= 15 is 0 Å². The standard InChI is InChI=1S/C14H24N4O2S/c1-3-7-18-12(15)11(13(19)17-14(18)20)16-9-5-6-10(8-9)21-4-2/h9-10,16H,3-8,15H2,1-2H3,(H,17,19,20). The molecule has 21 heavy (non-hydrogen) atoms. The Morgan fingerprint density at radius 2 is 2.14 bits per heavy atom. The number of hydrogen-bond acceptors (Lipinski definition) is 5. The first-order valence-electron chi connectivity index (χ1n) is 7.57. The van der Waals surface area contributed by atoms with Gasteiger partial charge in [-0.15, -0.1) is 0 Å². The van der Waals surface area contributed by atoms with Gasteiger partial charge in [0.05, 0.1) is 0 Å². The molecule has 2 atom stereocenters. The average molecular weight is 312 g/mol. The number of nitrogens with one attached hydrogen (secondary N) is 2. The zero-order chi connectivity index (χ0) is 15.4. The fraction of sp³-hybridized carbons (Fsp3) is 0.714. The summed E-state index contributed by atoms with van der Waals surface area (Å²) in [6.07, 6.45) is 4.00. The lowest BCUT2D eigenvalue weighted by atomic mass is 10.2. The fourth-order valence-corrected chi connectivity index (χ4v) is 3.98. The number of aromatic amines is 1. The van der Waals surface area contributed by atoms with E-state index in [0.717, 1.165) is 31.4 Å². The fourth-order valence-electron chi connectivity index (χ4n) is 2.84. The molecule has 0 radical (unpaired) electrons. The normalized spacial score (nSPS) is 21.6. The van der Waals surface area contributed by atoms with E-state index < -0.39 is 11.2 Å². The molecule has 1 aromatic heterocycles. The Morgan fingerprint density at radius 3 is 2.81 bits per heavy atom. The van der Waals surface area contributed by atoms with Gasteiger partial charge in [-0.1, -0.05) is 13.8 Å². The second-order valence-corrected chi connectivity index (χ2v) is 6.98. The Labute approximate surface area is 128 Å². The maximum absolute atomic E-state index is 12.0. The highest BCUT2D eigenvalue weighted by Gasteiger charge is 2.26. The second kappa shape index (κ2) is 7.06. The molecule has 0 aromatic carbocycles. The molecule has 1 aromatic rings. The number of H-pyrrole nitrogens is 1. The van der Waals surface area contributed by atoms with Crippen LogP contribution in [0.15, 0.2) is 9.59 Å². The Kier molecular flexibility index (Phi) is 5.39. The molecule has 1 heterocycles. The molecule has 6 nitrogen and oxygen atoms in total. The lowest BCUT2D eigenvalue weighted by Gasteiger charge is -2.17. The number of anilines is 2. The molecule has 1 saturated carbocycles. The van der Waals surface area contributed by atoms with Gasteiger partial charge in [0.1, 0.15) is 11.5 Å². The highest BCUT2D eigenvalue weighted by Crippen LogP contribution is 2.31. The van der Waals surface area contributed by atoms with Crippen molar-refractivity contribution in [2.45, 2.75) is 57.4 Å². The summed E-state index contributed by atoms with van der Waals surface area (Å²) in [4.78, 5) is 26.1. The molecule has 0 saturated heterocycles. The second-order valence-electron chi connectivity index (χ2n) is 5.40. The van der Waals surface area contributed by atoms with E-state index in [9.17, 15) is 9.59 Å². The highest BCUT2D eigenvalue weighted by molar-refractivity contribution is 7.99. The summed E-state index contributed by atoms with van der Waals surface area (Å²) in [5.74, 6) is 1.36. The number of nitrogens with zero attached hydrogens (tertiary/aromatic N) is 1. The maximum Gasteiger partial charge on any atom is 0.330 e. The quantitative estimate of drug-likeness (QED) is 0.742. The Balaban J connectivity index is 2.19. The summed E-state index contributed by atoms with van der Waals surface area (Å²) in [6.45, 7) is 4.64. The van der Waals surface area contributed by atoms with Gasteiger partial charge in [-0.25, -0.2) is 4.79 Å². The number of rotatable bonds is 6. The van der Waals surface area contributed by atoms with Crippen LogP contribution in [0.2, 0.25) is 0 Å². The number of hydrogen-bond donors (Lipinski definition) is 3. The lowest BCUT2D eigenvalue weighted by molar-refractivity contribution is 0.640. The Hall–Kier alpha value is -1.37. The molecule has 1 fully saturated rings. The van der Waals surface area contributed by atoms with Crippen LogP contribution in [0.25, 0.3) is 0 Å². The van der Waals surface area contributed by atoms with E-state index in [2.05, 4.69) is 17.2 Å². The van der Waals surface area contributed by atoms with Gasteiger partial charge >= 0.3 is 5.69 Å². The zero-order valence-electron chi connectivity index (χ0n) is 12.6. The highest BCUT2D eigenvalue weighted by atomic mass is 32.2. The van der Waals surface area contributed by atoms with Crippen molar-refractivity contribution < 1.29 is 0 Å². The van der Waals surface area contributed by atoms with Crippen molar-refractivity contribution in [3.8, 4) is 0 Å². The van der Waals surface area contributed by atoms with Crippen LogP contribution < -0.4 is 22.3 Å². The SMILES string of the molecule is CCCn1c(N)c(NC2CCC(SCC)C2)c(=O)[nH]c1=O. The molecule has 7 heteroatoms. The van der Waals surface area contributed by atoms with Crippen molar-refractivity contribution in [2.75, 3.05) is 16.8 Å². The Morgan fingerprint density at radius 1 is 1.38 bits per heavy atom. The smallest absolute Gasteiger partial charge is 0.330 e. The first-order chi connectivity index (χ1) is 10.1. The van der Waals surface area contributed by atoms with Crippen molar-refractivity contribution in [1.29, 1.82) is 0 Å². The minimum absolute atomic E-state index is 0.247. The summed E-state index contributed by atoms with van der Waals surface area (Å²) in [6, 6.07) is 0.255. The van der Waals surface area contributed by atoms with E-state index in [4.69, 9.17) is 5.73 Å².